The number of likely N-dealkylation sites (tertiary alicyclic amines) is 1. The Morgan fingerprint density at radius 1 is 1.21 bits per heavy atom. The summed E-state index contributed by atoms with van der Waals surface area (Å²) < 4.78 is 5.47. The Morgan fingerprint density at radius 3 is 2.61 bits per heavy atom. The Kier molecular flexibility index (Phi) is 6.93. The summed E-state index contributed by atoms with van der Waals surface area (Å²) in [5.74, 6) is 0.929. The van der Waals surface area contributed by atoms with Crippen LogP contribution in [0.3, 0.4) is 0 Å². The normalized spacial score (nSPS) is 16.5. The first kappa shape index (κ1) is 20.2. The number of hydrogen-bond donors (Lipinski definition) is 2. The third kappa shape index (κ3) is 5.26. The number of phenols is 1. The molecule has 1 amide bonds. The molecule has 0 bridgehead atoms. The van der Waals surface area contributed by atoms with Gasteiger partial charge in [0.25, 0.3) is 0 Å². The number of ether oxygens (including phenoxy) is 1. The highest BCUT2D eigenvalue weighted by Gasteiger charge is 2.26. The molecule has 1 atom stereocenters. The van der Waals surface area contributed by atoms with Crippen LogP contribution in [-0.4, -0.2) is 35.6 Å². The maximum atomic E-state index is 12.6. The molecule has 28 heavy (non-hydrogen) atoms. The number of carbonyl (C=O) groups is 1. The summed E-state index contributed by atoms with van der Waals surface area (Å²) in [5, 5.41) is 13.0. The lowest BCUT2D eigenvalue weighted by Gasteiger charge is -2.32. The highest BCUT2D eigenvalue weighted by atomic mass is 16.5. The van der Waals surface area contributed by atoms with Gasteiger partial charge in [0.15, 0.2) is 11.5 Å². The molecule has 2 aromatic carbocycles. The zero-order valence-electron chi connectivity index (χ0n) is 16.7. The number of piperidine rings is 1. The van der Waals surface area contributed by atoms with Crippen LogP contribution in [0.15, 0.2) is 48.5 Å². The van der Waals surface area contributed by atoms with Crippen molar-refractivity contribution in [3.8, 4) is 11.5 Å². The zero-order valence-corrected chi connectivity index (χ0v) is 16.7. The first-order chi connectivity index (χ1) is 13.6. The lowest BCUT2D eigenvalue weighted by Crippen LogP contribution is -2.40. The minimum atomic E-state index is 0.0284. The Morgan fingerprint density at radius 2 is 1.93 bits per heavy atom. The number of aromatic hydroxyl groups is 1. The van der Waals surface area contributed by atoms with Gasteiger partial charge in [0.2, 0.25) is 5.91 Å². The van der Waals surface area contributed by atoms with Gasteiger partial charge in [0, 0.05) is 12.5 Å². The van der Waals surface area contributed by atoms with E-state index in [1.165, 1.54) is 0 Å². The fraction of sp³-hybridized carbons (Fsp3) is 0.435. The lowest BCUT2D eigenvalue weighted by atomic mass is 9.95. The van der Waals surface area contributed by atoms with E-state index in [1.54, 1.807) is 6.07 Å². The number of carbonyl (C=O) groups excluding carboxylic acids is 1. The van der Waals surface area contributed by atoms with Gasteiger partial charge >= 0.3 is 0 Å². The molecule has 1 saturated heterocycles. The highest BCUT2D eigenvalue weighted by molar-refractivity contribution is 5.79. The molecular formula is C23H30N2O3. The van der Waals surface area contributed by atoms with Crippen molar-refractivity contribution < 1.29 is 14.6 Å². The average molecular weight is 383 g/mol. The standard InChI is InChI=1S/C23H30N2O3/c1-3-28-22-15-18(9-10-21(22)26)16-25-13-11-20(12-14-25)23(27)24-17(2)19-7-5-4-6-8-19/h4-10,15,17,20,26H,3,11-14,16H2,1-2H3,(H,24,27)/t17-/m1/s1. The van der Waals surface area contributed by atoms with E-state index >= 15 is 0 Å². The Hall–Kier alpha value is -2.53. The van der Waals surface area contributed by atoms with Gasteiger partial charge in [-0.3, -0.25) is 9.69 Å². The summed E-state index contributed by atoms with van der Waals surface area (Å²) in [6.45, 7) is 7.04. The van der Waals surface area contributed by atoms with Crippen molar-refractivity contribution in [2.75, 3.05) is 19.7 Å². The maximum absolute atomic E-state index is 12.6. The Balaban J connectivity index is 1.49. The van der Waals surface area contributed by atoms with Crippen molar-refractivity contribution in [3.63, 3.8) is 0 Å². The van der Waals surface area contributed by atoms with Crippen molar-refractivity contribution in [1.29, 1.82) is 0 Å². The van der Waals surface area contributed by atoms with Gasteiger partial charge in [-0.25, -0.2) is 0 Å². The molecular weight excluding hydrogens is 352 g/mol. The Bertz CT molecular complexity index is 771. The molecule has 1 fully saturated rings. The van der Waals surface area contributed by atoms with Crippen LogP contribution in [0.25, 0.3) is 0 Å². The van der Waals surface area contributed by atoms with Crippen molar-refractivity contribution >= 4 is 5.91 Å². The smallest absolute Gasteiger partial charge is 0.223 e. The minimum Gasteiger partial charge on any atom is -0.504 e. The molecule has 0 radical (unpaired) electrons. The van der Waals surface area contributed by atoms with Gasteiger partial charge < -0.3 is 15.2 Å². The van der Waals surface area contributed by atoms with Gasteiger partial charge in [-0.1, -0.05) is 36.4 Å². The fourth-order valence-corrected chi connectivity index (χ4v) is 3.70. The molecule has 1 aliphatic heterocycles. The molecule has 0 unspecified atom stereocenters. The summed E-state index contributed by atoms with van der Waals surface area (Å²) in [5.41, 5.74) is 2.24. The second-order valence-corrected chi connectivity index (χ2v) is 7.43. The zero-order chi connectivity index (χ0) is 19.9. The van der Waals surface area contributed by atoms with Crippen molar-refractivity contribution in [2.45, 2.75) is 39.3 Å². The van der Waals surface area contributed by atoms with Crippen LogP contribution in [-0.2, 0) is 11.3 Å². The second kappa shape index (κ2) is 9.60. The topological polar surface area (TPSA) is 61.8 Å². The summed E-state index contributed by atoms with van der Waals surface area (Å²) in [6.07, 6.45) is 1.73. The molecule has 5 heteroatoms. The predicted molar refractivity (Wildman–Crippen MR) is 110 cm³/mol. The van der Waals surface area contributed by atoms with Crippen LogP contribution in [0.1, 0.15) is 43.9 Å². The van der Waals surface area contributed by atoms with Crippen LogP contribution in [0.2, 0.25) is 0 Å². The molecule has 0 aliphatic carbocycles. The molecule has 1 aliphatic rings. The number of nitrogens with zero attached hydrogens (tertiary/aromatic N) is 1. The summed E-state index contributed by atoms with van der Waals surface area (Å²) in [4.78, 5) is 15.0. The highest BCUT2D eigenvalue weighted by Crippen LogP contribution is 2.28. The molecule has 3 rings (SSSR count). The molecule has 1 heterocycles. The quantitative estimate of drug-likeness (QED) is 0.763. The van der Waals surface area contributed by atoms with Crippen molar-refractivity contribution in [1.82, 2.24) is 10.2 Å². The monoisotopic (exact) mass is 382 g/mol. The maximum Gasteiger partial charge on any atom is 0.223 e. The minimum absolute atomic E-state index is 0.0284. The molecule has 0 saturated carbocycles. The van der Waals surface area contributed by atoms with E-state index in [1.807, 2.05) is 56.3 Å². The van der Waals surface area contributed by atoms with E-state index in [4.69, 9.17) is 4.74 Å². The van der Waals surface area contributed by atoms with Crippen LogP contribution in [0, 0.1) is 5.92 Å². The fourth-order valence-electron chi connectivity index (χ4n) is 3.70. The number of amides is 1. The van der Waals surface area contributed by atoms with Crippen LogP contribution < -0.4 is 10.1 Å². The van der Waals surface area contributed by atoms with Crippen LogP contribution >= 0.6 is 0 Å². The van der Waals surface area contributed by atoms with Crippen LogP contribution in [0.5, 0.6) is 11.5 Å². The first-order valence-electron chi connectivity index (χ1n) is 10.1. The summed E-state index contributed by atoms with van der Waals surface area (Å²) in [6, 6.07) is 15.6. The number of nitrogens with one attached hydrogen (secondary N) is 1. The average Bonchev–Trinajstić information content (AvgIpc) is 2.72. The van der Waals surface area contributed by atoms with E-state index in [9.17, 15) is 9.90 Å². The SMILES string of the molecule is CCOc1cc(CN2CCC(C(=O)N[C@H](C)c3ccccc3)CC2)ccc1O. The van der Waals surface area contributed by atoms with Gasteiger partial charge in [-0.2, -0.15) is 0 Å². The van der Waals surface area contributed by atoms with Crippen molar-refractivity contribution in [2.24, 2.45) is 5.92 Å². The number of benzene rings is 2. The van der Waals surface area contributed by atoms with E-state index in [2.05, 4.69) is 10.2 Å². The molecule has 0 spiro atoms. The lowest BCUT2D eigenvalue weighted by molar-refractivity contribution is -0.127. The summed E-state index contributed by atoms with van der Waals surface area (Å²) in [7, 11) is 0. The molecule has 2 aromatic rings. The van der Waals surface area contributed by atoms with Gasteiger partial charge in [-0.15, -0.1) is 0 Å². The molecule has 2 N–H and O–H groups in total. The van der Waals surface area contributed by atoms with E-state index in [0.717, 1.165) is 43.6 Å². The predicted octanol–water partition coefficient (Wildman–Crippen LogP) is 3.88. The summed E-state index contributed by atoms with van der Waals surface area (Å²) >= 11 is 0. The number of phenolic OH excluding ortho intramolecular Hbond substituents is 1. The number of hydrogen-bond acceptors (Lipinski definition) is 4. The third-order valence-electron chi connectivity index (χ3n) is 5.35. The van der Waals surface area contributed by atoms with Crippen LogP contribution in [0.4, 0.5) is 0 Å². The molecule has 5 nitrogen and oxygen atoms in total. The molecule has 0 aromatic heterocycles. The first-order valence-corrected chi connectivity index (χ1v) is 10.1. The van der Waals surface area contributed by atoms with Gasteiger partial charge in [0.05, 0.1) is 12.6 Å². The largest absolute Gasteiger partial charge is 0.504 e. The Labute approximate surface area is 167 Å². The number of rotatable bonds is 7. The van der Waals surface area contributed by atoms with Gasteiger partial charge in [0.1, 0.15) is 0 Å². The van der Waals surface area contributed by atoms with E-state index < -0.39 is 0 Å². The van der Waals surface area contributed by atoms with Gasteiger partial charge in [-0.05, 0) is 63.0 Å². The van der Waals surface area contributed by atoms with E-state index in [-0.39, 0.29) is 23.6 Å². The third-order valence-corrected chi connectivity index (χ3v) is 5.35. The van der Waals surface area contributed by atoms with E-state index in [0.29, 0.717) is 12.4 Å². The molecule has 150 valence electrons. The van der Waals surface area contributed by atoms with Crippen molar-refractivity contribution in [3.05, 3.63) is 59.7 Å². The second-order valence-electron chi connectivity index (χ2n) is 7.43.